The van der Waals surface area contributed by atoms with E-state index in [9.17, 15) is 4.79 Å². The van der Waals surface area contributed by atoms with Crippen LogP contribution in [0.25, 0.3) is 0 Å². The number of carbonyl (C=O) groups is 1. The zero-order valence-corrected chi connectivity index (χ0v) is 9.29. The van der Waals surface area contributed by atoms with Crippen LogP contribution in [0.2, 0.25) is 5.02 Å². The van der Waals surface area contributed by atoms with Crippen LogP contribution in [-0.4, -0.2) is 16.9 Å². The molecule has 0 fully saturated rings. The number of rotatable bonds is 4. The zero-order valence-electron chi connectivity index (χ0n) is 8.53. The van der Waals surface area contributed by atoms with E-state index in [2.05, 4.69) is 10.3 Å². The molecule has 0 spiro atoms. The van der Waals surface area contributed by atoms with Gasteiger partial charge in [-0.25, -0.2) is 4.98 Å². The van der Waals surface area contributed by atoms with E-state index in [0.29, 0.717) is 17.3 Å². The quantitative estimate of drug-likeness (QED) is 0.824. The smallest absolute Gasteiger partial charge is 0.242 e. The minimum Gasteiger partial charge on any atom is -0.320 e. The fourth-order valence-corrected chi connectivity index (χ4v) is 1.22. The Morgan fingerprint density at radius 1 is 1.67 bits per heavy atom. The summed E-state index contributed by atoms with van der Waals surface area (Å²) in [5, 5.41) is 3.15. The average molecular weight is 228 g/mol. The van der Waals surface area contributed by atoms with Crippen LogP contribution >= 0.6 is 11.6 Å². The van der Waals surface area contributed by atoms with Crippen LogP contribution in [0.5, 0.6) is 0 Å². The highest BCUT2D eigenvalue weighted by Crippen LogP contribution is 2.09. The van der Waals surface area contributed by atoms with Gasteiger partial charge in [0, 0.05) is 6.20 Å². The van der Waals surface area contributed by atoms with Gasteiger partial charge in [0.1, 0.15) is 5.82 Å². The van der Waals surface area contributed by atoms with Crippen LogP contribution in [0.3, 0.4) is 0 Å². The lowest BCUT2D eigenvalue weighted by Gasteiger charge is -2.10. The van der Waals surface area contributed by atoms with Crippen molar-refractivity contribution >= 4 is 23.3 Å². The number of aromatic nitrogens is 1. The van der Waals surface area contributed by atoms with Crippen molar-refractivity contribution in [3.8, 4) is 0 Å². The number of nitrogens with two attached hydrogens (primary N) is 1. The molecule has 0 aromatic carbocycles. The highest BCUT2D eigenvalue weighted by Gasteiger charge is 2.12. The van der Waals surface area contributed by atoms with E-state index in [1.54, 1.807) is 12.1 Å². The van der Waals surface area contributed by atoms with Gasteiger partial charge in [-0.1, -0.05) is 24.9 Å². The molecule has 82 valence electrons. The van der Waals surface area contributed by atoms with Gasteiger partial charge < -0.3 is 11.1 Å². The Morgan fingerprint density at radius 3 is 2.93 bits per heavy atom. The van der Waals surface area contributed by atoms with Crippen LogP contribution in [0, 0.1) is 0 Å². The van der Waals surface area contributed by atoms with Gasteiger partial charge in [0.25, 0.3) is 0 Å². The summed E-state index contributed by atoms with van der Waals surface area (Å²) in [4.78, 5) is 15.4. The summed E-state index contributed by atoms with van der Waals surface area (Å²) in [7, 11) is 0. The largest absolute Gasteiger partial charge is 0.320 e. The van der Waals surface area contributed by atoms with Gasteiger partial charge in [0.15, 0.2) is 0 Å². The Labute approximate surface area is 93.8 Å². The van der Waals surface area contributed by atoms with Crippen molar-refractivity contribution in [3.63, 3.8) is 0 Å². The molecule has 0 aliphatic carbocycles. The van der Waals surface area contributed by atoms with E-state index >= 15 is 0 Å². The third-order valence-electron chi connectivity index (χ3n) is 1.92. The fourth-order valence-electron chi connectivity index (χ4n) is 1.11. The summed E-state index contributed by atoms with van der Waals surface area (Å²) in [5.41, 5.74) is 5.64. The van der Waals surface area contributed by atoms with E-state index in [4.69, 9.17) is 17.3 Å². The van der Waals surface area contributed by atoms with Gasteiger partial charge in [0.05, 0.1) is 11.1 Å². The number of nitrogens with one attached hydrogen (secondary N) is 1. The molecule has 0 aliphatic rings. The number of amides is 1. The van der Waals surface area contributed by atoms with Crippen molar-refractivity contribution in [1.82, 2.24) is 4.98 Å². The Balaban J connectivity index is 2.54. The number of pyridine rings is 1. The van der Waals surface area contributed by atoms with E-state index < -0.39 is 6.04 Å². The molecule has 0 aliphatic heterocycles. The number of nitrogens with zero attached hydrogens (tertiary/aromatic N) is 1. The van der Waals surface area contributed by atoms with Crippen molar-refractivity contribution in [3.05, 3.63) is 23.4 Å². The van der Waals surface area contributed by atoms with Crippen molar-refractivity contribution < 1.29 is 4.79 Å². The molecule has 1 aromatic heterocycles. The maximum Gasteiger partial charge on any atom is 0.242 e. The maximum absolute atomic E-state index is 11.5. The SMILES string of the molecule is CCC[C@H](N)C(=O)Nc1ccc(Cl)cn1. The molecule has 1 rings (SSSR count). The van der Waals surface area contributed by atoms with E-state index in [-0.39, 0.29) is 5.91 Å². The van der Waals surface area contributed by atoms with Crippen LogP contribution in [0.15, 0.2) is 18.3 Å². The molecular formula is C10H14ClN3O. The highest BCUT2D eigenvalue weighted by molar-refractivity contribution is 6.30. The second-order valence-electron chi connectivity index (χ2n) is 3.25. The Kier molecular flexibility index (Phi) is 4.52. The van der Waals surface area contributed by atoms with E-state index in [0.717, 1.165) is 6.42 Å². The topological polar surface area (TPSA) is 68.0 Å². The van der Waals surface area contributed by atoms with Crippen LogP contribution in [0.4, 0.5) is 5.82 Å². The standard InChI is InChI=1S/C10H14ClN3O/c1-2-3-8(12)10(15)14-9-5-4-7(11)6-13-9/h4-6,8H,2-3,12H2,1H3,(H,13,14,15)/t8-/m0/s1. The van der Waals surface area contributed by atoms with Crippen molar-refractivity contribution in [2.24, 2.45) is 5.73 Å². The molecule has 0 saturated heterocycles. The molecule has 5 heteroatoms. The fraction of sp³-hybridized carbons (Fsp3) is 0.400. The monoisotopic (exact) mass is 227 g/mol. The number of hydrogen-bond donors (Lipinski definition) is 2. The maximum atomic E-state index is 11.5. The number of halogens is 1. The minimum atomic E-state index is -0.479. The third kappa shape index (κ3) is 3.85. The van der Waals surface area contributed by atoms with Crippen LogP contribution in [0.1, 0.15) is 19.8 Å². The zero-order chi connectivity index (χ0) is 11.3. The summed E-state index contributed by atoms with van der Waals surface area (Å²) in [6, 6.07) is 2.82. The molecule has 1 heterocycles. The van der Waals surface area contributed by atoms with Crippen molar-refractivity contribution in [1.29, 1.82) is 0 Å². The summed E-state index contributed by atoms with van der Waals surface area (Å²) < 4.78 is 0. The lowest BCUT2D eigenvalue weighted by Crippen LogP contribution is -2.35. The molecular weight excluding hydrogens is 214 g/mol. The molecule has 3 N–H and O–H groups in total. The second-order valence-corrected chi connectivity index (χ2v) is 3.68. The predicted octanol–water partition coefficient (Wildman–Crippen LogP) is 1.80. The Morgan fingerprint density at radius 2 is 2.40 bits per heavy atom. The number of carbonyl (C=O) groups excluding carboxylic acids is 1. The molecule has 1 aromatic rings. The van der Waals surface area contributed by atoms with Crippen molar-refractivity contribution in [2.75, 3.05) is 5.32 Å². The number of hydrogen-bond acceptors (Lipinski definition) is 3. The highest BCUT2D eigenvalue weighted by atomic mass is 35.5. The van der Waals surface area contributed by atoms with Gasteiger partial charge >= 0.3 is 0 Å². The van der Waals surface area contributed by atoms with Crippen LogP contribution < -0.4 is 11.1 Å². The summed E-state index contributed by atoms with van der Waals surface area (Å²) >= 11 is 5.66. The van der Waals surface area contributed by atoms with Gasteiger partial charge in [-0.2, -0.15) is 0 Å². The molecule has 1 amide bonds. The Hall–Kier alpha value is -1.13. The molecule has 15 heavy (non-hydrogen) atoms. The molecule has 0 bridgehead atoms. The normalized spacial score (nSPS) is 12.2. The first-order chi connectivity index (χ1) is 7.13. The van der Waals surface area contributed by atoms with Gasteiger partial charge in [-0.3, -0.25) is 4.79 Å². The van der Waals surface area contributed by atoms with Gasteiger partial charge in [-0.15, -0.1) is 0 Å². The summed E-state index contributed by atoms with van der Waals surface area (Å²) in [6.45, 7) is 1.98. The van der Waals surface area contributed by atoms with Gasteiger partial charge in [-0.05, 0) is 18.6 Å². The summed E-state index contributed by atoms with van der Waals surface area (Å²) in [5.74, 6) is 0.252. The third-order valence-corrected chi connectivity index (χ3v) is 2.14. The van der Waals surface area contributed by atoms with Crippen LogP contribution in [-0.2, 0) is 4.79 Å². The first kappa shape index (κ1) is 11.9. The minimum absolute atomic E-state index is 0.216. The number of anilines is 1. The first-order valence-corrected chi connectivity index (χ1v) is 5.19. The molecule has 0 unspecified atom stereocenters. The van der Waals surface area contributed by atoms with Crippen molar-refractivity contribution in [2.45, 2.75) is 25.8 Å². The average Bonchev–Trinajstić information content (AvgIpc) is 2.22. The van der Waals surface area contributed by atoms with E-state index in [1.807, 2.05) is 6.92 Å². The molecule has 0 radical (unpaired) electrons. The first-order valence-electron chi connectivity index (χ1n) is 4.81. The summed E-state index contributed by atoms with van der Waals surface area (Å²) in [6.07, 6.45) is 3.02. The Bertz CT molecular complexity index is 326. The second kappa shape index (κ2) is 5.68. The molecule has 4 nitrogen and oxygen atoms in total. The molecule has 0 saturated carbocycles. The predicted molar refractivity (Wildman–Crippen MR) is 60.8 cm³/mol. The lowest BCUT2D eigenvalue weighted by molar-refractivity contribution is -0.117. The van der Waals surface area contributed by atoms with Gasteiger partial charge in [0.2, 0.25) is 5.91 Å². The van der Waals surface area contributed by atoms with E-state index in [1.165, 1.54) is 6.20 Å². The molecule has 1 atom stereocenters. The lowest BCUT2D eigenvalue weighted by atomic mass is 10.2.